The van der Waals surface area contributed by atoms with Gasteiger partial charge >= 0.3 is 0 Å². The van der Waals surface area contributed by atoms with Crippen LogP contribution in [-0.4, -0.2) is 50.0 Å². The summed E-state index contributed by atoms with van der Waals surface area (Å²) < 4.78 is 41.3. The molecule has 1 saturated carbocycles. The van der Waals surface area contributed by atoms with Gasteiger partial charge in [-0.3, -0.25) is 13.9 Å². The van der Waals surface area contributed by atoms with Crippen LogP contribution in [0.1, 0.15) is 56.1 Å². The number of nitrogens with zero attached hydrogens (tertiary/aromatic N) is 2. The van der Waals surface area contributed by atoms with Gasteiger partial charge in [-0.05, 0) is 55.2 Å². The lowest BCUT2D eigenvalue weighted by atomic mass is 9.94. The highest BCUT2D eigenvalue weighted by Crippen LogP contribution is 2.23. The van der Waals surface area contributed by atoms with Crippen molar-refractivity contribution in [3.8, 4) is 0 Å². The molecule has 2 amide bonds. The Morgan fingerprint density at radius 3 is 2.26 bits per heavy atom. The second-order valence-corrected chi connectivity index (χ2v) is 13.4. The summed E-state index contributed by atoms with van der Waals surface area (Å²) in [5, 5.41) is 3.65. The maximum absolute atomic E-state index is 14.9. The van der Waals surface area contributed by atoms with Gasteiger partial charge in [-0.15, -0.1) is 0 Å². The molecule has 1 atom stereocenters. The molecule has 0 bridgehead atoms. The number of anilines is 1. The Labute approximate surface area is 259 Å². The van der Waals surface area contributed by atoms with Gasteiger partial charge in [0.25, 0.3) is 0 Å². The third kappa shape index (κ3) is 9.53. The molecule has 1 fully saturated rings. The molecule has 10 heteroatoms. The van der Waals surface area contributed by atoms with Crippen molar-refractivity contribution in [2.45, 2.75) is 70.0 Å². The average Bonchev–Trinajstić information content (AvgIpc) is 2.99. The molecule has 1 N–H and O–H groups in total. The van der Waals surface area contributed by atoms with E-state index in [0.717, 1.165) is 43.9 Å². The van der Waals surface area contributed by atoms with Gasteiger partial charge in [-0.1, -0.05) is 79.4 Å². The molecular weight excluding hydrogens is 589 g/mol. The lowest BCUT2D eigenvalue weighted by Crippen LogP contribution is -2.53. The fourth-order valence-corrected chi connectivity index (χ4v) is 6.61. The Balaban J connectivity index is 1.59. The van der Waals surface area contributed by atoms with Gasteiger partial charge < -0.3 is 10.2 Å². The van der Waals surface area contributed by atoms with E-state index >= 15 is 0 Å². The van der Waals surface area contributed by atoms with Gasteiger partial charge in [0.1, 0.15) is 11.9 Å². The highest BCUT2D eigenvalue weighted by molar-refractivity contribution is 7.92. The number of carbonyl (C=O) groups excluding carboxylic acids is 2. The molecule has 1 aliphatic carbocycles. The molecule has 0 aromatic heterocycles. The summed E-state index contributed by atoms with van der Waals surface area (Å²) in [6.45, 7) is -0.0363. The summed E-state index contributed by atoms with van der Waals surface area (Å²) in [4.78, 5) is 29.3. The number of hydrogen-bond acceptors (Lipinski definition) is 4. The summed E-state index contributed by atoms with van der Waals surface area (Å²) in [5.74, 6) is -1.08. The summed E-state index contributed by atoms with van der Waals surface area (Å²) in [7, 11) is -3.64. The van der Waals surface area contributed by atoms with E-state index in [1.807, 2.05) is 30.3 Å². The molecule has 0 radical (unpaired) electrons. The van der Waals surface area contributed by atoms with Crippen LogP contribution in [0.25, 0.3) is 0 Å². The van der Waals surface area contributed by atoms with Crippen molar-refractivity contribution >= 4 is 39.1 Å². The molecule has 3 aromatic carbocycles. The van der Waals surface area contributed by atoms with Crippen LogP contribution in [0.3, 0.4) is 0 Å². The molecule has 0 aliphatic heterocycles. The molecule has 43 heavy (non-hydrogen) atoms. The molecule has 7 nitrogen and oxygen atoms in total. The Kier molecular flexibility index (Phi) is 11.6. The first-order valence-electron chi connectivity index (χ1n) is 14.7. The van der Waals surface area contributed by atoms with Crippen LogP contribution in [0, 0.1) is 5.82 Å². The standard InChI is InChI=1S/C33H39ClFN3O4S/c1-43(41,42)38(29-20-18-27(34)19-21-29)22-10-17-32(39)37(24-26-13-8-9-16-30(26)35)31(23-25-11-4-2-5-12-25)33(40)36-28-14-6-3-7-15-28/h2,4-5,8-9,11-13,16,18-21,28,31H,3,6-7,10,14-15,17,22-24H2,1H3,(H,36,40)/t31-/m1/s1. The van der Waals surface area contributed by atoms with Crippen LogP contribution in [0.2, 0.25) is 5.02 Å². The van der Waals surface area contributed by atoms with Crippen molar-refractivity contribution in [2.75, 3.05) is 17.1 Å². The van der Waals surface area contributed by atoms with E-state index in [4.69, 9.17) is 11.6 Å². The molecule has 230 valence electrons. The smallest absolute Gasteiger partial charge is 0.243 e. The quantitative estimate of drug-likeness (QED) is 0.248. The molecular formula is C33H39ClFN3O4S. The maximum atomic E-state index is 14.9. The molecule has 1 aliphatic rings. The van der Waals surface area contributed by atoms with Crippen molar-refractivity contribution in [1.82, 2.24) is 10.2 Å². The van der Waals surface area contributed by atoms with Gasteiger partial charge in [0.2, 0.25) is 21.8 Å². The first kappa shape index (κ1) is 32.5. The van der Waals surface area contributed by atoms with E-state index in [0.29, 0.717) is 16.3 Å². The largest absolute Gasteiger partial charge is 0.352 e. The minimum atomic E-state index is -3.64. The lowest BCUT2D eigenvalue weighted by molar-refractivity contribution is -0.141. The van der Waals surface area contributed by atoms with Crippen LogP contribution >= 0.6 is 11.6 Å². The second kappa shape index (κ2) is 15.3. The fourth-order valence-electron chi connectivity index (χ4n) is 5.52. The number of halogens is 2. The first-order chi connectivity index (χ1) is 20.6. The molecule has 0 heterocycles. The van der Waals surface area contributed by atoms with Gasteiger partial charge in [-0.2, -0.15) is 0 Å². The minimum absolute atomic E-state index is 0.0317. The monoisotopic (exact) mass is 627 g/mol. The van der Waals surface area contributed by atoms with E-state index in [-0.39, 0.29) is 50.2 Å². The Morgan fingerprint density at radius 2 is 1.60 bits per heavy atom. The number of benzene rings is 3. The molecule has 0 unspecified atom stereocenters. The number of hydrogen-bond donors (Lipinski definition) is 1. The van der Waals surface area contributed by atoms with E-state index in [2.05, 4.69) is 5.32 Å². The normalized spacial score (nSPS) is 14.6. The predicted molar refractivity (Wildman–Crippen MR) is 169 cm³/mol. The fraction of sp³-hybridized carbons (Fsp3) is 0.394. The van der Waals surface area contributed by atoms with Gasteiger partial charge in [0, 0.05) is 42.6 Å². The predicted octanol–water partition coefficient (Wildman–Crippen LogP) is 6.11. The average molecular weight is 628 g/mol. The summed E-state index contributed by atoms with van der Waals surface area (Å²) in [6, 6.07) is 21.3. The summed E-state index contributed by atoms with van der Waals surface area (Å²) in [6.07, 6.45) is 6.53. The Hall–Kier alpha value is -3.43. The Morgan fingerprint density at radius 1 is 0.953 bits per heavy atom. The van der Waals surface area contributed by atoms with Crippen molar-refractivity contribution in [3.63, 3.8) is 0 Å². The van der Waals surface area contributed by atoms with Crippen LogP contribution in [0.5, 0.6) is 0 Å². The third-order valence-electron chi connectivity index (χ3n) is 7.79. The number of nitrogens with one attached hydrogen (secondary N) is 1. The van der Waals surface area contributed by atoms with Crippen molar-refractivity contribution in [2.24, 2.45) is 0 Å². The van der Waals surface area contributed by atoms with Crippen LogP contribution in [0.15, 0.2) is 78.9 Å². The van der Waals surface area contributed by atoms with Gasteiger partial charge in [-0.25, -0.2) is 12.8 Å². The van der Waals surface area contributed by atoms with E-state index in [1.54, 1.807) is 42.5 Å². The van der Waals surface area contributed by atoms with Crippen molar-refractivity contribution in [1.29, 1.82) is 0 Å². The van der Waals surface area contributed by atoms with Crippen LogP contribution in [0.4, 0.5) is 10.1 Å². The number of carbonyl (C=O) groups is 2. The van der Waals surface area contributed by atoms with E-state index in [1.165, 1.54) is 15.3 Å². The number of rotatable bonds is 13. The minimum Gasteiger partial charge on any atom is -0.352 e. The van der Waals surface area contributed by atoms with E-state index < -0.39 is 21.9 Å². The van der Waals surface area contributed by atoms with Gasteiger partial charge in [0.15, 0.2) is 0 Å². The van der Waals surface area contributed by atoms with Crippen molar-refractivity contribution in [3.05, 3.63) is 101 Å². The van der Waals surface area contributed by atoms with Crippen LogP contribution < -0.4 is 9.62 Å². The highest BCUT2D eigenvalue weighted by atomic mass is 35.5. The summed E-state index contributed by atoms with van der Waals surface area (Å²) >= 11 is 5.99. The Bertz CT molecular complexity index is 1460. The van der Waals surface area contributed by atoms with Crippen molar-refractivity contribution < 1.29 is 22.4 Å². The zero-order valence-electron chi connectivity index (χ0n) is 24.4. The topological polar surface area (TPSA) is 86.8 Å². The number of sulfonamides is 1. The molecule has 4 rings (SSSR count). The summed E-state index contributed by atoms with van der Waals surface area (Å²) in [5.41, 5.74) is 1.62. The molecule has 0 spiro atoms. The maximum Gasteiger partial charge on any atom is 0.243 e. The molecule has 0 saturated heterocycles. The SMILES string of the molecule is CS(=O)(=O)N(CCCC(=O)N(Cc1ccccc1F)[C@H](Cc1ccccc1)C(=O)NC1CCCCC1)c1ccc(Cl)cc1. The third-order valence-corrected chi connectivity index (χ3v) is 9.23. The van der Waals surface area contributed by atoms with Gasteiger partial charge in [0.05, 0.1) is 11.9 Å². The molecule has 3 aromatic rings. The van der Waals surface area contributed by atoms with E-state index in [9.17, 15) is 22.4 Å². The zero-order valence-corrected chi connectivity index (χ0v) is 26.0. The lowest BCUT2D eigenvalue weighted by Gasteiger charge is -2.34. The zero-order chi connectivity index (χ0) is 30.8. The van der Waals surface area contributed by atoms with Crippen LogP contribution in [-0.2, 0) is 32.6 Å². The highest BCUT2D eigenvalue weighted by Gasteiger charge is 2.32. The second-order valence-electron chi connectivity index (χ2n) is 11.1. The number of amides is 2. The first-order valence-corrected chi connectivity index (χ1v) is 16.9.